The summed E-state index contributed by atoms with van der Waals surface area (Å²) >= 11 is 4.57. The molecule has 33 heavy (non-hydrogen) atoms. The van der Waals surface area contributed by atoms with Gasteiger partial charge in [0.15, 0.2) is 0 Å². The normalized spacial score (nSPS) is 11.9. The predicted molar refractivity (Wildman–Crippen MR) is 125 cm³/mol. The molecule has 0 bridgehead atoms. The Balaban J connectivity index is 1.65. The lowest BCUT2D eigenvalue weighted by atomic mass is 10.0. The van der Waals surface area contributed by atoms with Crippen LogP contribution in [-0.2, 0) is 28.9 Å². The molecule has 2 N–H and O–H groups in total. The van der Waals surface area contributed by atoms with Gasteiger partial charge in [-0.2, -0.15) is 18.2 Å². The number of nitrogens with zero attached hydrogens (tertiary/aromatic N) is 1. The Kier molecular flexibility index (Phi) is 10.2. The van der Waals surface area contributed by atoms with Gasteiger partial charge >= 0.3 is 12.1 Å². The molecule has 0 aliphatic rings. The molecule has 2 aromatic carbocycles. The minimum Gasteiger partial charge on any atom is -0.356 e. The maximum absolute atomic E-state index is 12.3. The smallest absolute Gasteiger partial charge is 0.356 e. The molecule has 0 saturated carbocycles. The number of carbonyl (C=O) groups is 2. The van der Waals surface area contributed by atoms with Gasteiger partial charge in [0.2, 0.25) is 5.91 Å². The van der Waals surface area contributed by atoms with Gasteiger partial charge in [0, 0.05) is 19.0 Å². The van der Waals surface area contributed by atoms with E-state index >= 15 is 0 Å². The number of isothiocyanates is 1. The molecule has 0 spiro atoms. The largest absolute Gasteiger partial charge is 0.471 e. The predicted octanol–water partition coefficient (Wildman–Crippen LogP) is 4.71. The minimum absolute atomic E-state index is 0.0113. The van der Waals surface area contributed by atoms with Crippen LogP contribution in [0.4, 0.5) is 18.9 Å². The summed E-state index contributed by atoms with van der Waals surface area (Å²) in [6.07, 6.45) is -2.05. The Bertz CT molecular complexity index is 970. The molecule has 0 heterocycles. The molecule has 2 aromatic rings. The van der Waals surface area contributed by atoms with E-state index in [1.165, 1.54) is 6.92 Å². The summed E-state index contributed by atoms with van der Waals surface area (Å²) in [5.41, 5.74) is 3.70. The fourth-order valence-corrected chi connectivity index (χ4v) is 3.34. The summed E-state index contributed by atoms with van der Waals surface area (Å²) in [5.74, 6) is -1.94. The first kappa shape index (κ1) is 26.2. The van der Waals surface area contributed by atoms with Gasteiger partial charge in [-0.15, -0.1) is 0 Å². The zero-order chi connectivity index (χ0) is 24.3. The highest BCUT2D eigenvalue weighted by Gasteiger charge is 2.39. The number of aryl methyl sites for hydroxylation is 1. The van der Waals surface area contributed by atoms with Crippen LogP contribution in [0.25, 0.3) is 0 Å². The lowest BCUT2D eigenvalue weighted by Gasteiger charge is -2.15. The Morgan fingerprint density at radius 3 is 2.18 bits per heavy atom. The quantitative estimate of drug-likeness (QED) is 0.364. The van der Waals surface area contributed by atoms with Crippen LogP contribution in [0.5, 0.6) is 0 Å². The number of thiocarbonyl (C=S) groups is 1. The van der Waals surface area contributed by atoms with Crippen molar-refractivity contribution in [3.8, 4) is 0 Å². The van der Waals surface area contributed by atoms with Gasteiger partial charge in [0.1, 0.15) is 0 Å². The summed E-state index contributed by atoms with van der Waals surface area (Å²) in [5, 5.41) is 7.17. The fraction of sp³-hybridized carbons (Fsp3) is 0.375. The first-order chi connectivity index (χ1) is 15.7. The maximum Gasteiger partial charge on any atom is 0.471 e. The summed E-state index contributed by atoms with van der Waals surface area (Å²) in [7, 11) is 0. The number of hydrogen-bond acceptors (Lipinski definition) is 4. The van der Waals surface area contributed by atoms with Crippen LogP contribution in [0, 0.1) is 0 Å². The fourth-order valence-electron chi connectivity index (χ4n) is 3.23. The third kappa shape index (κ3) is 9.97. The van der Waals surface area contributed by atoms with Crippen molar-refractivity contribution in [2.24, 2.45) is 4.99 Å². The van der Waals surface area contributed by atoms with E-state index < -0.39 is 18.1 Å². The molecule has 0 fully saturated rings. The molecule has 5 nitrogen and oxygen atoms in total. The van der Waals surface area contributed by atoms with Crippen molar-refractivity contribution >= 4 is 34.9 Å². The van der Waals surface area contributed by atoms with E-state index in [2.05, 4.69) is 27.7 Å². The first-order valence-electron chi connectivity index (χ1n) is 10.6. The van der Waals surface area contributed by atoms with Crippen LogP contribution >= 0.6 is 12.2 Å². The second-order valence-electron chi connectivity index (χ2n) is 7.72. The minimum atomic E-state index is -4.88. The van der Waals surface area contributed by atoms with Crippen LogP contribution in [0.15, 0.2) is 53.5 Å². The number of benzene rings is 2. The molecule has 0 aliphatic heterocycles. The third-order valence-corrected chi connectivity index (χ3v) is 5.01. The number of aliphatic imine (C=N–C) groups is 1. The van der Waals surface area contributed by atoms with Crippen molar-refractivity contribution in [3.63, 3.8) is 0 Å². The number of carbonyl (C=O) groups excluding carboxylic acids is 2. The highest BCUT2D eigenvalue weighted by molar-refractivity contribution is 7.78. The van der Waals surface area contributed by atoms with Gasteiger partial charge in [0.05, 0.1) is 10.8 Å². The third-order valence-electron chi connectivity index (χ3n) is 4.92. The monoisotopic (exact) mass is 477 g/mol. The Morgan fingerprint density at radius 1 is 1.00 bits per heavy atom. The van der Waals surface area contributed by atoms with E-state index in [0.29, 0.717) is 25.8 Å². The van der Waals surface area contributed by atoms with Gasteiger partial charge in [-0.1, -0.05) is 36.4 Å². The van der Waals surface area contributed by atoms with Crippen molar-refractivity contribution in [3.05, 3.63) is 65.2 Å². The average Bonchev–Trinajstić information content (AvgIpc) is 2.75. The highest BCUT2D eigenvalue weighted by atomic mass is 32.1. The van der Waals surface area contributed by atoms with E-state index in [1.807, 2.05) is 53.8 Å². The standard InChI is InChI=1S/C24H26F3N3O2S/c1-17(30-23(32)24(25,26)27)15-20-7-5-18(6-8-20)3-2-4-22(31)28-14-13-19-9-11-21(12-10-19)29-16-33/h5-12,17H,2-4,13-15H2,1H3,(H,28,31)(H,30,32)/t17-/m0/s1. The molecule has 176 valence electrons. The maximum atomic E-state index is 12.3. The molecule has 9 heteroatoms. The van der Waals surface area contributed by atoms with E-state index in [-0.39, 0.29) is 5.91 Å². The SMILES string of the molecule is C[C@@H](Cc1ccc(CCCC(=O)NCCc2ccc(N=C=S)cc2)cc1)NC(=O)C(F)(F)F. The molecular formula is C24H26F3N3O2S. The van der Waals surface area contributed by atoms with Crippen molar-refractivity contribution in [2.75, 3.05) is 6.54 Å². The Hall–Kier alpha value is -3.03. The molecule has 0 saturated heterocycles. The zero-order valence-corrected chi connectivity index (χ0v) is 19.1. The van der Waals surface area contributed by atoms with Crippen molar-refractivity contribution in [1.82, 2.24) is 10.6 Å². The molecule has 2 rings (SSSR count). The summed E-state index contributed by atoms with van der Waals surface area (Å²) in [4.78, 5) is 26.9. The lowest BCUT2D eigenvalue weighted by molar-refractivity contribution is -0.174. The van der Waals surface area contributed by atoms with Crippen LogP contribution in [0.1, 0.15) is 36.5 Å². The number of amides is 2. The number of alkyl halides is 3. The van der Waals surface area contributed by atoms with Gasteiger partial charge in [-0.3, -0.25) is 9.59 Å². The molecular weight excluding hydrogens is 451 g/mol. The van der Waals surface area contributed by atoms with Gasteiger partial charge in [0.25, 0.3) is 0 Å². The number of nitrogens with one attached hydrogen (secondary N) is 2. The van der Waals surface area contributed by atoms with Crippen LogP contribution < -0.4 is 10.6 Å². The zero-order valence-electron chi connectivity index (χ0n) is 18.2. The summed E-state index contributed by atoms with van der Waals surface area (Å²) in [6, 6.07) is 14.4. The highest BCUT2D eigenvalue weighted by Crippen LogP contribution is 2.16. The van der Waals surface area contributed by atoms with Gasteiger partial charge < -0.3 is 10.6 Å². The molecule has 0 radical (unpaired) electrons. The molecule has 2 amide bonds. The van der Waals surface area contributed by atoms with Crippen LogP contribution in [-0.4, -0.2) is 35.7 Å². The van der Waals surface area contributed by atoms with Crippen LogP contribution in [0.2, 0.25) is 0 Å². The van der Waals surface area contributed by atoms with E-state index in [1.54, 1.807) is 0 Å². The van der Waals surface area contributed by atoms with Crippen LogP contribution in [0.3, 0.4) is 0 Å². The van der Waals surface area contributed by atoms with Crippen molar-refractivity contribution in [1.29, 1.82) is 0 Å². The molecule has 0 aromatic heterocycles. The molecule has 1 atom stereocenters. The lowest BCUT2D eigenvalue weighted by Crippen LogP contribution is -2.42. The Morgan fingerprint density at radius 2 is 1.58 bits per heavy atom. The number of halogens is 3. The Labute approximate surface area is 196 Å². The second-order valence-corrected chi connectivity index (χ2v) is 7.90. The second kappa shape index (κ2) is 12.9. The summed E-state index contributed by atoms with van der Waals surface area (Å²) in [6.45, 7) is 2.08. The molecule has 0 aliphatic carbocycles. The van der Waals surface area contributed by atoms with E-state index in [4.69, 9.17) is 0 Å². The van der Waals surface area contributed by atoms with Crippen molar-refractivity contribution in [2.45, 2.75) is 51.2 Å². The summed E-state index contributed by atoms with van der Waals surface area (Å²) < 4.78 is 36.9. The van der Waals surface area contributed by atoms with Crippen molar-refractivity contribution < 1.29 is 22.8 Å². The topological polar surface area (TPSA) is 70.6 Å². The first-order valence-corrected chi connectivity index (χ1v) is 11.0. The van der Waals surface area contributed by atoms with E-state index in [0.717, 1.165) is 35.2 Å². The van der Waals surface area contributed by atoms with E-state index in [9.17, 15) is 22.8 Å². The molecule has 0 unspecified atom stereocenters. The number of rotatable bonds is 11. The number of hydrogen-bond donors (Lipinski definition) is 2. The van der Waals surface area contributed by atoms with Gasteiger partial charge in [-0.05, 0) is 73.6 Å². The van der Waals surface area contributed by atoms with Gasteiger partial charge in [-0.25, -0.2) is 0 Å². The average molecular weight is 478 g/mol.